The van der Waals surface area contributed by atoms with Crippen molar-refractivity contribution in [3.63, 3.8) is 0 Å². The first-order chi connectivity index (χ1) is 15.8. The normalized spacial score (nSPS) is 12.1. The Morgan fingerprint density at radius 1 is 0.606 bits per heavy atom. The Balaban J connectivity index is 1.36. The number of rotatable bonds is 6. The molecule has 166 valence electrons. The van der Waals surface area contributed by atoms with Crippen molar-refractivity contribution in [1.29, 1.82) is 0 Å². The summed E-state index contributed by atoms with van der Waals surface area (Å²) in [6, 6.07) is 24.3. The summed E-state index contributed by atoms with van der Waals surface area (Å²) in [6.45, 7) is 0. The Morgan fingerprint density at radius 3 is 1.64 bits per heavy atom. The molecule has 33 heavy (non-hydrogen) atoms. The first-order valence-corrected chi connectivity index (χ1v) is 13.4. The lowest BCUT2D eigenvalue weighted by atomic mass is 10.1. The van der Waals surface area contributed by atoms with Gasteiger partial charge >= 0.3 is 0 Å². The van der Waals surface area contributed by atoms with Crippen LogP contribution in [0.2, 0.25) is 0 Å². The number of aromatic nitrogens is 2. The third-order valence-electron chi connectivity index (χ3n) is 4.94. The molecular weight excluding hydrogens is 480 g/mol. The molecule has 0 bridgehead atoms. The van der Waals surface area contributed by atoms with E-state index < -0.39 is 20.0 Å². The van der Waals surface area contributed by atoms with Gasteiger partial charge in [-0.1, -0.05) is 60.7 Å². The van der Waals surface area contributed by atoms with Gasteiger partial charge in [-0.2, -0.15) is 9.36 Å². The summed E-state index contributed by atoms with van der Waals surface area (Å²) in [7, 11) is -7.89. The summed E-state index contributed by atoms with van der Waals surface area (Å²) < 4.78 is 59.6. The molecule has 0 fully saturated rings. The topological polar surface area (TPSA) is 118 Å². The highest BCUT2D eigenvalue weighted by molar-refractivity contribution is 7.93. The molecule has 0 unspecified atom stereocenters. The van der Waals surface area contributed by atoms with Gasteiger partial charge in [-0.05, 0) is 45.8 Å². The zero-order valence-electron chi connectivity index (χ0n) is 16.8. The van der Waals surface area contributed by atoms with E-state index in [0.717, 1.165) is 33.1 Å². The molecule has 0 saturated heterocycles. The first kappa shape index (κ1) is 21.3. The van der Waals surface area contributed by atoms with Gasteiger partial charge in [0, 0.05) is 11.5 Å². The molecular formula is C22H16N4O4S3. The van der Waals surface area contributed by atoms with Crippen molar-refractivity contribution in [1.82, 2.24) is 9.36 Å². The Hall–Kier alpha value is -3.54. The van der Waals surface area contributed by atoms with Crippen LogP contribution in [-0.2, 0) is 20.0 Å². The Morgan fingerprint density at radius 2 is 1.09 bits per heavy atom. The lowest BCUT2D eigenvalue weighted by molar-refractivity contribution is 0.599. The minimum atomic E-state index is -3.96. The van der Waals surface area contributed by atoms with Gasteiger partial charge in [-0.3, -0.25) is 4.72 Å². The molecule has 0 radical (unpaired) electrons. The monoisotopic (exact) mass is 496 g/mol. The predicted molar refractivity (Wildman–Crippen MR) is 129 cm³/mol. The van der Waals surface area contributed by atoms with Crippen molar-refractivity contribution < 1.29 is 16.8 Å². The van der Waals surface area contributed by atoms with Gasteiger partial charge in [0.2, 0.25) is 5.13 Å². The molecule has 1 aromatic heterocycles. The number of nitrogens with one attached hydrogen (secondary N) is 2. The van der Waals surface area contributed by atoms with Crippen LogP contribution >= 0.6 is 11.5 Å². The second kappa shape index (κ2) is 8.10. The molecule has 4 aromatic carbocycles. The summed E-state index contributed by atoms with van der Waals surface area (Å²) in [5, 5.41) is 3.32. The largest absolute Gasteiger partial charge is 0.264 e. The second-order valence-electron chi connectivity index (χ2n) is 7.15. The van der Waals surface area contributed by atoms with Crippen LogP contribution in [0.1, 0.15) is 0 Å². The van der Waals surface area contributed by atoms with E-state index in [1.807, 2.05) is 48.5 Å². The highest BCUT2D eigenvalue weighted by Gasteiger charge is 2.20. The van der Waals surface area contributed by atoms with Crippen molar-refractivity contribution >= 4 is 64.2 Å². The van der Waals surface area contributed by atoms with Crippen LogP contribution in [0, 0.1) is 0 Å². The van der Waals surface area contributed by atoms with Gasteiger partial charge in [0.05, 0.1) is 9.79 Å². The van der Waals surface area contributed by atoms with Crippen LogP contribution in [0.3, 0.4) is 0 Å². The summed E-state index contributed by atoms with van der Waals surface area (Å²) in [6.07, 6.45) is 0. The number of sulfonamides is 2. The molecule has 0 atom stereocenters. The summed E-state index contributed by atoms with van der Waals surface area (Å²) in [5.41, 5.74) is 0. The van der Waals surface area contributed by atoms with E-state index in [0.29, 0.717) is 0 Å². The lowest BCUT2D eigenvalue weighted by Crippen LogP contribution is -2.15. The molecule has 5 aromatic rings. The summed E-state index contributed by atoms with van der Waals surface area (Å²) >= 11 is 0.735. The molecule has 0 aliphatic heterocycles. The standard InChI is InChI=1S/C22H16N4O4S3/c27-32(28,19-11-9-15-5-1-3-7-17(15)13-19)25-21-23-22(31-24-21)26-33(29,30)20-12-10-16-6-2-4-8-18(16)14-20/h1-14H,(H2,23,24,25,26). The van der Waals surface area contributed by atoms with Gasteiger partial charge in [0.15, 0.2) is 0 Å². The van der Waals surface area contributed by atoms with Crippen molar-refractivity contribution in [2.45, 2.75) is 9.79 Å². The fourth-order valence-electron chi connectivity index (χ4n) is 3.33. The quantitative estimate of drug-likeness (QED) is 0.359. The molecule has 5 rings (SSSR count). The maximum atomic E-state index is 12.8. The van der Waals surface area contributed by atoms with Gasteiger partial charge in [0.1, 0.15) is 0 Å². The van der Waals surface area contributed by atoms with E-state index >= 15 is 0 Å². The summed E-state index contributed by atoms with van der Waals surface area (Å²) in [4.78, 5) is 4.10. The molecule has 0 spiro atoms. The summed E-state index contributed by atoms with van der Waals surface area (Å²) in [5.74, 6) is -0.218. The molecule has 0 saturated carbocycles. The smallest absolute Gasteiger partial charge is 0.253 e. The van der Waals surface area contributed by atoms with E-state index in [-0.39, 0.29) is 20.9 Å². The van der Waals surface area contributed by atoms with E-state index in [2.05, 4.69) is 18.8 Å². The van der Waals surface area contributed by atoms with Gasteiger partial charge in [-0.25, -0.2) is 21.6 Å². The molecule has 0 amide bonds. The molecule has 0 aliphatic carbocycles. The highest BCUT2D eigenvalue weighted by atomic mass is 32.2. The molecule has 1 heterocycles. The van der Waals surface area contributed by atoms with Crippen molar-refractivity contribution in [2.24, 2.45) is 0 Å². The maximum absolute atomic E-state index is 12.8. The average Bonchev–Trinajstić information content (AvgIpc) is 3.23. The van der Waals surface area contributed by atoms with Gasteiger partial charge in [0.25, 0.3) is 26.0 Å². The minimum absolute atomic E-state index is 0.0503. The van der Waals surface area contributed by atoms with Crippen molar-refractivity contribution in [3.05, 3.63) is 84.9 Å². The third-order valence-corrected chi connectivity index (χ3v) is 8.36. The Labute approximate surface area is 194 Å². The number of nitrogens with zero attached hydrogens (tertiary/aromatic N) is 2. The molecule has 2 N–H and O–H groups in total. The number of hydrogen-bond acceptors (Lipinski definition) is 7. The van der Waals surface area contributed by atoms with Crippen LogP contribution in [0.15, 0.2) is 94.7 Å². The third kappa shape index (κ3) is 4.38. The predicted octanol–water partition coefficient (Wildman–Crippen LogP) is 4.45. The lowest BCUT2D eigenvalue weighted by Gasteiger charge is -2.07. The zero-order valence-corrected chi connectivity index (χ0v) is 19.3. The molecule has 11 heteroatoms. The fraction of sp³-hybridized carbons (Fsp3) is 0. The van der Waals surface area contributed by atoms with Crippen LogP contribution in [0.25, 0.3) is 21.5 Å². The average molecular weight is 497 g/mol. The van der Waals surface area contributed by atoms with Crippen LogP contribution < -0.4 is 9.44 Å². The zero-order chi connectivity index (χ0) is 23.1. The van der Waals surface area contributed by atoms with Crippen LogP contribution in [0.5, 0.6) is 0 Å². The van der Waals surface area contributed by atoms with Crippen LogP contribution in [-0.4, -0.2) is 26.2 Å². The molecule has 8 nitrogen and oxygen atoms in total. The van der Waals surface area contributed by atoms with Crippen molar-refractivity contribution in [2.75, 3.05) is 9.44 Å². The fourth-order valence-corrected chi connectivity index (χ4v) is 6.15. The van der Waals surface area contributed by atoms with E-state index in [4.69, 9.17) is 0 Å². The Kier molecular flexibility index (Phi) is 5.23. The minimum Gasteiger partial charge on any atom is -0.253 e. The number of anilines is 2. The van der Waals surface area contributed by atoms with Gasteiger partial charge in [-0.15, -0.1) is 0 Å². The number of fused-ring (bicyclic) bond motifs is 2. The highest BCUT2D eigenvalue weighted by Crippen LogP contribution is 2.25. The van der Waals surface area contributed by atoms with Gasteiger partial charge < -0.3 is 0 Å². The first-order valence-electron chi connectivity index (χ1n) is 9.67. The SMILES string of the molecule is O=S(=O)(Nc1nsc(NS(=O)(=O)c2ccc3ccccc3c2)n1)c1ccc2ccccc2c1. The van der Waals surface area contributed by atoms with E-state index in [1.165, 1.54) is 12.1 Å². The van der Waals surface area contributed by atoms with Crippen LogP contribution in [0.4, 0.5) is 11.1 Å². The van der Waals surface area contributed by atoms with E-state index in [9.17, 15) is 16.8 Å². The van der Waals surface area contributed by atoms with Crippen molar-refractivity contribution in [3.8, 4) is 0 Å². The molecule has 0 aliphatic rings. The number of hydrogen-bond donors (Lipinski definition) is 2. The number of benzene rings is 4. The Bertz CT molecular complexity index is 1590. The van der Waals surface area contributed by atoms with E-state index in [1.54, 1.807) is 24.3 Å². The maximum Gasteiger partial charge on any atom is 0.264 e. The second-order valence-corrected chi connectivity index (χ2v) is 11.3.